The van der Waals surface area contributed by atoms with Crippen molar-refractivity contribution in [3.8, 4) is 11.4 Å². The van der Waals surface area contributed by atoms with E-state index < -0.39 is 0 Å². The van der Waals surface area contributed by atoms with E-state index in [0.29, 0.717) is 32.0 Å². The zero-order valence-electron chi connectivity index (χ0n) is 9.22. The van der Waals surface area contributed by atoms with Gasteiger partial charge in [0, 0.05) is 4.47 Å². The summed E-state index contributed by atoms with van der Waals surface area (Å²) >= 11 is 15.0. The lowest BCUT2D eigenvalue weighted by Gasteiger charge is -2.01. The Morgan fingerprint density at radius 1 is 1.21 bits per heavy atom. The van der Waals surface area contributed by atoms with Gasteiger partial charge < -0.3 is 4.98 Å². The molecule has 3 nitrogen and oxygen atoms in total. The van der Waals surface area contributed by atoms with Crippen LogP contribution in [0.4, 0.5) is 4.39 Å². The van der Waals surface area contributed by atoms with Gasteiger partial charge >= 0.3 is 0 Å². The quantitative estimate of drug-likeness (QED) is 0.631. The number of benzene rings is 1. The summed E-state index contributed by atoms with van der Waals surface area (Å²) in [5.41, 5.74) is 1.33. The minimum atomic E-state index is -0.384. The molecule has 0 saturated heterocycles. The molecule has 3 rings (SSSR count). The summed E-state index contributed by atoms with van der Waals surface area (Å²) < 4.78 is 14.5. The Morgan fingerprint density at radius 3 is 2.74 bits per heavy atom. The van der Waals surface area contributed by atoms with E-state index in [1.807, 2.05) is 0 Å². The molecule has 7 heteroatoms. The number of pyridine rings is 1. The Bertz CT molecular complexity index is 729. The molecule has 2 aromatic heterocycles. The number of fused-ring (bicyclic) bond motifs is 1. The van der Waals surface area contributed by atoms with Crippen molar-refractivity contribution < 1.29 is 4.39 Å². The summed E-state index contributed by atoms with van der Waals surface area (Å²) in [5.74, 6) is -0.0172. The molecule has 2 heterocycles. The maximum atomic E-state index is 13.9. The summed E-state index contributed by atoms with van der Waals surface area (Å²) in [6, 6.07) is 6.31. The number of aromatic amines is 1. The van der Waals surface area contributed by atoms with Gasteiger partial charge in [-0.05, 0) is 34.1 Å². The first-order chi connectivity index (χ1) is 9.06. The number of hydrogen-bond donors (Lipinski definition) is 1. The van der Waals surface area contributed by atoms with Gasteiger partial charge in [-0.3, -0.25) is 0 Å². The Morgan fingerprint density at radius 2 is 2.00 bits per heavy atom. The predicted octanol–water partition coefficient (Wildman–Crippen LogP) is 4.83. The molecule has 96 valence electrons. The third kappa shape index (κ3) is 2.22. The fourth-order valence-electron chi connectivity index (χ4n) is 1.74. The summed E-state index contributed by atoms with van der Waals surface area (Å²) in [5, 5.41) is 0.483. The molecule has 3 aromatic rings. The topological polar surface area (TPSA) is 41.6 Å². The van der Waals surface area contributed by atoms with E-state index in [1.165, 1.54) is 6.07 Å². The SMILES string of the molecule is Fc1cccc(Br)c1-c1nc2nc(Cl)c(Cl)cc2[nH]1. The van der Waals surface area contributed by atoms with Crippen LogP contribution in [0.3, 0.4) is 0 Å². The second-order valence-corrected chi connectivity index (χ2v) is 5.43. The summed E-state index contributed by atoms with van der Waals surface area (Å²) in [6.07, 6.45) is 0. The van der Waals surface area contributed by atoms with Gasteiger partial charge in [-0.25, -0.2) is 14.4 Å². The molecule has 0 radical (unpaired) electrons. The van der Waals surface area contributed by atoms with Crippen LogP contribution in [0.1, 0.15) is 0 Å². The van der Waals surface area contributed by atoms with Crippen molar-refractivity contribution in [1.29, 1.82) is 0 Å². The van der Waals surface area contributed by atoms with Gasteiger partial charge in [-0.15, -0.1) is 0 Å². The van der Waals surface area contributed by atoms with Crippen molar-refractivity contribution in [2.24, 2.45) is 0 Å². The molecule has 0 atom stereocenters. The average molecular weight is 361 g/mol. The Balaban J connectivity index is 2.26. The van der Waals surface area contributed by atoms with Gasteiger partial charge in [-0.1, -0.05) is 29.3 Å². The van der Waals surface area contributed by atoms with Crippen LogP contribution in [0.25, 0.3) is 22.6 Å². The lowest BCUT2D eigenvalue weighted by molar-refractivity contribution is 0.629. The van der Waals surface area contributed by atoms with E-state index in [0.717, 1.165) is 0 Å². The van der Waals surface area contributed by atoms with Gasteiger partial charge in [0.15, 0.2) is 5.65 Å². The zero-order valence-corrected chi connectivity index (χ0v) is 12.3. The highest BCUT2D eigenvalue weighted by Gasteiger charge is 2.15. The molecule has 0 aliphatic rings. The summed E-state index contributed by atoms with van der Waals surface area (Å²) in [6.45, 7) is 0. The highest BCUT2D eigenvalue weighted by atomic mass is 79.9. The first-order valence-corrected chi connectivity index (χ1v) is 6.77. The first-order valence-electron chi connectivity index (χ1n) is 5.22. The van der Waals surface area contributed by atoms with Gasteiger partial charge in [0.05, 0.1) is 16.1 Å². The maximum Gasteiger partial charge on any atom is 0.179 e. The van der Waals surface area contributed by atoms with E-state index >= 15 is 0 Å². The molecule has 0 amide bonds. The van der Waals surface area contributed by atoms with Crippen LogP contribution < -0.4 is 0 Å². The number of imidazole rings is 1. The number of H-pyrrole nitrogens is 1. The number of rotatable bonds is 1. The average Bonchev–Trinajstić information content (AvgIpc) is 2.72. The summed E-state index contributed by atoms with van der Waals surface area (Å²) in [7, 11) is 0. The van der Waals surface area contributed by atoms with Crippen LogP contribution in [-0.4, -0.2) is 15.0 Å². The highest BCUT2D eigenvalue weighted by molar-refractivity contribution is 9.10. The van der Waals surface area contributed by atoms with Gasteiger partial charge in [0.1, 0.15) is 16.8 Å². The lowest BCUT2D eigenvalue weighted by atomic mass is 10.2. The third-order valence-corrected chi connectivity index (χ3v) is 3.92. The number of aromatic nitrogens is 3. The van der Waals surface area contributed by atoms with Crippen molar-refractivity contribution in [3.05, 3.63) is 44.7 Å². The van der Waals surface area contributed by atoms with Gasteiger partial charge in [0.2, 0.25) is 0 Å². The van der Waals surface area contributed by atoms with Gasteiger partial charge in [0.25, 0.3) is 0 Å². The van der Waals surface area contributed by atoms with Crippen LogP contribution in [0.5, 0.6) is 0 Å². The largest absolute Gasteiger partial charge is 0.336 e. The maximum absolute atomic E-state index is 13.9. The van der Waals surface area contributed by atoms with Crippen molar-refractivity contribution in [2.75, 3.05) is 0 Å². The molecule has 0 fully saturated rings. The fraction of sp³-hybridized carbons (Fsp3) is 0. The Kier molecular flexibility index (Phi) is 3.20. The molecule has 1 aromatic carbocycles. The Labute approximate surface area is 125 Å². The van der Waals surface area contributed by atoms with Crippen molar-refractivity contribution >= 4 is 50.3 Å². The summed E-state index contributed by atoms with van der Waals surface area (Å²) in [4.78, 5) is 11.2. The molecule has 0 bridgehead atoms. The number of hydrogen-bond acceptors (Lipinski definition) is 2. The highest BCUT2D eigenvalue weighted by Crippen LogP contribution is 2.31. The van der Waals surface area contributed by atoms with E-state index in [-0.39, 0.29) is 11.0 Å². The normalized spacial score (nSPS) is 11.2. The van der Waals surface area contributed by atoms with Crippen molar-refractivity contribution in [2.45, 2.75) is 0 Å². The molecular weight excluding hydrogens is 356 g/mol. The fourth-order valence-corrected chi connectivity index (χ4v) is 2.55. The predicted molar refractivity (Wildman–Crippen MR) is 77.0 cm³/mol. The van der Waals surface area contributed by atoms with E-state index in [4.69, 9.17) is 23.2 Å². The number of nitrogens with one attached hydrogen (secondary N) is 1. The minimum Gasteiger partial charge on any atom is -0.336 e. The van der Waals surface area contributed by atoms with Crippen molar-refractivity contribution in [3.63, 3.8) is 0 Å². The van der Waals surface area contributed by atoms with Crippen LogP contribution in [0.2, 0.25) is 10.2 Å². The second kappa shape index (κ2) is 4.74. The molecule has 0 aliphatic heterocycles. The molecule has 0 unspecified atom stereocenters. The molecule has 1 N–H and O–H groups in total. The van der Waals surface area contributed by atoms with Crippen molar-refractivity contribution in [1.82, 2.24) is 15.0 Å². The standard InChI is InChI=1S/C12H5BrCl2FN3/c13-5-2-1-3-7(16)9(5)12-17-8-4-6(14)10(15)18-11(8)19-12/h1-4H,(H,17,18,19). The second-order valence-electron chi connectivity index (χ2n) is 3.81. The van der Waals surface area contributed by atoms with E-state index in [9.17, 15) is 4.39 Å². The van der Waals surface area contributed by atoms with Crippen LogP contribution in [-0.2, 0) is 0 Å². The van der Waals surface area contributed by atoms with E-state index in [2.05, 4.69) is 30.9 Å². The number of nitrogens with zero attached hydrogens (tertiary/aromatic N) is 2. The molecular formula is C12H5BrCl2FN3. The van der Waals surface area contributed by atoms with Crippen LogP contribution in [0, 0.1) is 5.82 Å². The monoisotopic (exact) mass is 359 g/mol. The van der Waals surface area contributed by atoms with Crippen LogP contribution in [0.15, 0.2) is 28.7 Å². The molecule has 0 saturated carbocycles. The van der Waals surface area contributed by atoms with Gasteiger partial charge in [-0.2, -0.15) is 0 Å². The molecule has 0 aliphatic carbocycles. The zero-order chi connectivity index (χ0) is 13.6. The molecule has 0 spiro atoms. The lowest BCUT2D eigenvalue weighted by Crippen LogP contribution is -1.87. The number of halogens is 4. The Hall–Kier alpha value is -1.17. The minimum absolute atomic E-state index is 0.166. The smallest absolute Gasteiger partial charge is 0.179 e. The third-order valence-electron chi connectivity index (χ3n) is 2.58. The van der Waals surface area contributed by atoms with E-state index in [1.54, 1.807) is 18.2 Å². The van der Waals surface area contributed by atoms with Crippen LogP contribution >= 0.6 is 39.1 Å². The first kappa shape index (κ1) is 12.8. The molecule has 19 heavy (non-hydrogen) atoms.